The SMILES string of the molecule is CCNC(=NCc1cccc(C(=O)NC)c1)NCCCN1CCCCCC1. The van der Waals surface area contributed by atoms with Gasteiger partial charge in [0.15, 0.2) is 5.96 Å². The second kappa shape index (κ2) is 12.3. The predicted octanol–water partition coefficient (Wildman–Crippen LogP) is 2.37. The molecule has 3 N–H and O–H groups in total. The molecule has 0 bridgehead atoms. The number of carbonyl (C=O) groups is 1. The molecule has 0 atom stereocenters. The zero-order valence-electron chi connectivity index (χ0n) is 16.9. The normalized spacial score (nSPS) is 15.9. The molecule has 0 spiro atoms. The largest absolute Gasteiger partial charge is 0.357 e. The second-order valence-corrected chi connectivity index (χ2v) is 7.01. The first-order valence-corrected chi connectivity index (χ1v) is 10.3. The first kappa shape index (κ1) is 21.2. The van der Waals surface area contributed by atoms with Crippen LogP contribution >= 0.6 is 0 Å². The highest BCUT2D eigenvalue weighted by Gasteiger charge is 2.08. The maximum Gasteiger partial charge on any atom is 0.251 e. The van der Waals surface area contributed by atoms with Crippen LogP contribution in [0, 0.1) is 0 Å². The highest BCUT2D eigenvalue weighted by molar-refractivity contribution is 5.94. The van der Waals surface area contributed by atoms with Gasteiger partial charge in [-0.05, 0) is 63.5 Å². The fourth-order valence-corrected chi connectivity index (χ4v) is 3.34. The molecule has 27 heavy (non-hydrogen) atoms. The van der Waals surface area contributed by atoms with E-state index in [-0.39, 0.29) is 5.91 Å². The number of likely N-dealkylation sites (tertiary alicyclic amines) is 1. The molecule has 150 valence electrons. The lowest BCUT2D eigenvalue weighted by Gasteiger charge is -2.20. The van der Waals surface area contributed by atoms with Crippen LogP contribution in [0.25, 0.3) is 0 Å². The molecule has 1 fully saturated rings. The lowest BCUT2D eigenvalue weighted by atomic mass is 10.1. The predicted molar refractivity (Wildman–Crippen MR) is 112 cm³/mol. The Kier molecular flexibility index (Phi) is 9.69. The van der Waals surface area contributed by atoms with Crippen LogP contribution < -0.4 is 16.0 Å². The van der Waals surface area contributed by atoms with Gasteiger partial charge in [0.25, 0.3) is 5.91 Å². The Morgan fingerprint density at radius 1 is 1.15 bits per heavy atom. The summed E-state index contributed by atoms with van der Waals surface area (Å²) in [6.07, 6.45) is 6.57. The second-order valence-electron chi connectivity index (χ2n) is 7.01. The Hall–Kier alpha value is -2.08. The Balaban J connectivity index is 1.80. The maximum atomic E-state index is 11.8. The van der Waals surface area contributed by atoms with Gasteiger partial charge in [0.2, 0.25) is 0 Å². The number of amides is 1. The quantitative estimate of drug-likeness (QED) is 0.372. The van der Waals surface area contributed by atoms with Crippen molar-refractivity contribution >= 4 is 11.9 Å². The molecule has 2 rings (SSSR count). The molecule has 1 heterocycles. The molecule has 0 radical (unpaired) electrons. The summed E-state index contributed by atoms with van der Waals surface area (Å²) in [4.78, 5) is 19.0. The van der Waals surface area contributed by atoms with Gasteiger partial charge in [0.1, 0.15) is 0 Å². The molecule has 0 saturated carbocycles. The van der Waals surface area contributed by atoms with Crippen LogP contribution in [0.4, 0.5) is 0 Å². The van der Waals surface area contributed by atoms with Gasteiger partial charge in [0.05, 0.1) is 6.54 Å². The summed E-state index contributed by atoms with van der Waals surface area (Å²) in [7, 11) is 1.64. The number of nitrogens with one attached hydrogen (secondary N) is 3. The first-order chi connectivity index (χ1) is 13.2. The third kappa shape index (κ3) is 7.99. The van der Waals surface area contributed by atoms with E-state index >= 15 is 0 Å². The number of benzene rings is 1. The van der Waals surface area contributed by atoms with Crippen LogP contribution in [-0.4, -0.2) is 56.5 Å². The van der Waals surface area contributed by atoms with E-state index in [0.29, 0.717) is 12.1 Å². The molecule has 0 aromatic heterocycles. The molecule has 1 saturated heterocycles. The van der Waals surface area contributed by atoms with Gasteiger partial charge in [-0.15, -0.1) is 0 Å². The zero-order chi connectivity index (χ0) is 19.3. The minimum absolute atomic E-state index is 0.0700. The summed E-state index contributed by atoms with van der Waals surface area (Å²) in [6.45, 7) is 8.01. The van der Waals surface area contributed by atoms with Crippen molar-refractivity contribution in [3.63, 3.8) is 0 Å². The molecular weight excluding hydrogens is 338 g/mol. The van der Waals surface area contributed by atoms with Crippen molar-refractivity contribution in [3.8, 4) is 0 Å². The summed E-state index contributed by atoms with van der Waals surface area (Å²) >= 11 is 0. The van der Waals surface area contributed by atoms with Gasteiger partial charge in [-0.1, -0.05) is 25.0 Å². The van der Waals surface area contributed by atoms with Gasteiger partial charge < -0.3 is 20.9 Å². The van der Waals surface area contributed by atoms with Gasteiger partial charge in [-0.25, -0.2) is 4.99 Å². The summed E-state index contributed by atoms with van der Waals surface area (Å²) in [5.41, 5.74) is 1.69. The summed E-state index contributed by atoms with van der Waals surface area (Å²) in [6, 6.07) is 7.61. The Morgan fingerprint density at radius 3 is 2.63 bits per heavy atom. The van der Waals surface area contributed by atoms with Crippen molar-refractivity contribution < 1.29 is 4.79 Å². The molecule has 1 amide bonds. The van der Waals surface area contributed by atoms with E-state index in [2.05, 4.69) is 32.8 Å². The van der Waals surface area contributed by atoms with E-state index in [1.54, 1.807) is 7.05 Å². The Bertz CT molecular complexity index is 594. The van der Waals surface area contributed by atoms with Gasteiger partial charge in [0, 0.05) is 25.7 Å². The highest BCUT2D eigenvalue weighted by Crippen LogP contribution is 2.09. The average Bonchev–Trinajstić information content (AvgIpc) is 2.97. The molecule has 6 nitrogen and oxygen atoms in total. The van der Waals surface area contributed by atoms with E-state index in [4.69, 9.17) is 0 Å². The van der Waals surface area contributed by atoms with Gasteiger partial charge in [-0.2, -0.15) is 0 Å². The van der Waals surface area contributed by atoms with Crippen LogP contribution in [-0.2, 0) is 6.54 Å². The van der Waals surface area contributed by atoms with E-state index in [1.165, 1.54) is 38.8 Å². The summed E-state index contributed by atoms with van der Waals surface area (Å²) < 4.78 is 0. The Labute approximate surface area is 163 Å². The topological polar surface area (TPSA) is 68.8 Å². The smallest absolute Gasteiger partial charge is 0.251 e. The van der Waals surface area contributed by atoms with Crippen LogP contribution in [0.2, 0.25) is 0 Å². The van der Waals surface area contributed by atoms with Gasteiger partial charge >= 0.3 is 0 Å². The lowest BCUT2D eigenvalue weighted by molar-refractivity contribution is 0.0963. The third-order valence-corrected chi connectivity index (χ3v) is 4.82. The fourth-order valence-electron chi connectivity index (χ4n) is 3.34. The fraction of sp³-hybridized carbons (Fsp3) is 0.619. The standard InChI is InChI=1S/C21H35N5O/c1-3-23-21(24-12-9-15-26-13-6-4-5-7-14-26)25-17-18-10-8-11-19(16-18)20(27)22-2/h8,10-11,16H,3-7,9,12-15,17H2,1-2H3,(H,22,27)(H2,23,24,25). The maximum absolute atomic E-state index is 11.8. The van der Waals surface area contributed by atoms with E-state index < -0.39 is 0 Å². The van der Waals surface area contributed by atoms with Crippen LogP contribution in [0.15, 0.2) is 29.3 Å². The monoisotopic (exact) mass is 373 g/mol. The van der Waals surface area contributed by atoms with Crippen molar-refractivity contribution in [2.45, 2.75) is 45.6 Å². The molecule has 6 heteroatoms. The molecule has 1 aliphatic heterocycles. The third-order valence-electron chi connectivity index (χ3n) is 4.82. The molecule has 1 aliphatic rings. The molecule has 1 aromatic carbocycles. The highest BCUT2D eigenvalue weighted by atomic mass is 16.1. The number of rotatable bonds is 8. The number of hydrogen-bond acceptors (Lipinski definition) is 3. The van der Waals surface area contributed by atoms with Crippen molar-refractivity contribution in [1.29, 1.82) is 0 Å². The van der Waals surface area contributed by atoms with Crippen molar-refractivity contribution in [3.05, 3.63) is 35.4 Å². The van der Waals surface area contributed by atoms with Crippen LogP contribution in [0.5, 0.6) is 0 Å². The van der Waals surface area contributed by atoms with E-state index in [1.807, 2.05) is 24.3 Å². The first-order valence-electron chi connectivity index (χ1n) is 10.3. The lowest BCUT2D eigenvalue weighted by Crippen LogP contribution is -2.39. The van der Waals surface area contributed by atoms with Crippen molar-refractivity contribution in [2.24, 2.45) is 4.99 Å². The zero-order valence-corrected chi connectivity index (χ0v) is 16.9. The van der Waals surface area contributed by atoms with Crippen molar-refractivity contribution in [2.75, 3.05) is 39.8 Å². The number of guanidine groups is 1. The molecular formula is C21H35N5O. The van der Waals surface area contributed by atoms with Crippen LogP contribution in [0.1, 0.15) is 54.9 Å². The number of hydrogen-bond donors (Lipinski definition) is 3. The Morgan fingerprint density at radius 2 is 1.93 bits per heavy atom. The van der Waals surface area contributed by atoms with Gasteiger partial charge in [-0.3, -0.25) is 4.79 Å². The molecule has 0 aliphatic carbocycles. The van der Waals surface area contributed by atoms with Crippen LogP contribution in [0.3, 0.4) is 0 Å². The summed E-state index contributed by atoms with van der Waals surface area (Å²) in [5, 5.41) is 9.38. The number of aliphatic imine (C=N–C) groups is 1. The summed E-state index contributed by atoms with van der Waals surface area (Å²) in [5.74, 6) is 0.762. The van der Waals surface area contributed by atoms with E-state index in [9.17, 15) is 4.79 Å². The minimum Gasteiger partial charge on any atom is -0.357 e. The number of nitrogens with zero attached hydrogens (tertiary/aromatic N) is 2. The van der Waals surface area contributed by atoms with E-state index in [0.717, 1.165) is 37.6 Å². The van der Waals surface area contributed by atoms with Crippen molar-refractivity contribution in [1.82, 2.24) is 20.9 Å². The minimum atomic E-state index is -0.0700. The molecule has 1 aromatic rings. The molecule has 0 unspecified atom stereocenters. The average molecular weight is 374 g/mol. The number of carbonyl (C=O) groups excluding carboxylic acids is 1.